The van der Waals surface area contributed by atoms with Gasteiger partial charge in [-0.15, -0.1) is 11.3 Å². The summed E-state index contributed by atoms with van der Waals surface area (Å²) in [6.07, 6.45) is 4.60. The lowest BCUT2D eigenvalue weighted by Crippen LogP contribution is -2.66. The van der Waals surface area contributed by atoms with E-state index in [1.807, 2.05) is 30.3 Å². The maximum absolute atomic E-state index is 14.9. The minimum Gasteiger partial charge on any atom is -0.370 e. The van der Waals surface area contributed by atoms with Crippen molar-refractivity contribution in [3.05, 3.63) is 105 Å². The number of nitrogens with one attached hydrogen (secondary N) is 3. The molecule has 3 saturated heterocycles. The van der Waals surface area contributed by atoms with Crippen LogP contribution >= 0.6 is 18.9 Å². The summed E-state index contributed by atoms with van der Waals surface area (Å²) in [7, 11) is -5.87. The van der Waals surface area contributed by atoms with Crippen LogP contribution < -0.4 is 16.0 Å². The third-order valence-corrected chi connectivity index (χ3v) is 16.9. The lowest BCUT2D eigenvalue weighted by Gasteiger charge is -2.45. The van der Waals surface area contributed by atoms with E-state index < -0.39 is 108 Å². The van der Waals surface area contributed by atoms with Crippen molar-refractivity contribution in [3.8, 4) is 11.8 Å². The zero-order chi connectivity index (χ0) is 58.4. The quantitative estimate of drug-likeness (QED) is 0.0267. The van der Waals surface area contributed by atoms with Crippen LogP contribution in [0.15, 0.2) is 72.8 Å². The number of morpholine rings is 1. The number of halogens is 2. The number of ether oxygens (including phenoxy) is 1. The molecule has 1 aromatic heterocycles. The fourth-order valence-corrected chi connectivity index (χ4v) is 11.7. The predicted octanol–water partition coefficient (Wildman–Crippen LogP) is 5.60. The van der Waals surface area contributed by atoms with E-state index in [1.165, 1.54) is 28.0 Å². The second kappa shape index (κ2) is 25.3. The Bertz CT molecular complexity index is 3240. The summed E-state index contributed by atoms with van der Waals surface area (Å²) in [6.45, 7) is 5.66. The largest absolute Gasteiger partial charge is 0.399 e. The van der Waals surface area contributed by atoms with E-state index in [0.29, 0.717) is 29.6 Å². The monoisotopic (exact) mass is 1160 g/mol. The highest BCUT2D eigenvalue weighted by atomic mass is 32.1. The van der Waals surface area contributed by atoms with E-state index in [-0.39, 0.29) is 73.6 Å². The zero-order valence-corrected chi connectivity index (χ0v) is 46.8. The number of hydrogen-bond donors (Lipinski definition) is 5. The Hall–Kier alpha value is -7.22. The molecule has 0 radical (unpaired) electrons. The summed E-state index contributed by atoms with van der Waals surface area (Å²) in [5, 5.41) is 7.92. The van der Waals surface area contributed by atoms with Crippen LogP contribution in [0.25, 0.3) is 10.1 Å². The summed E-state index contributed by atoms with van der Waals surface area (Å²) in [5.41, 5.74) is -4.80. The number of fused-ring (bicyclic) bond motifs is 2. The number of rotatable bonds is 18. The first kappa shape index (κ1) is 59.9. The third kappa shape index (κ3) is 13.8. The van der Waals surface area contributed by atoms with Gasteiger partial charge in [0, 0.05) is 54.8 Å². The normalized spacial score (nSPS) is 19.2. The van der Waals surface area contributed by atoms with Gasteiger partial charge in [0.2, 0.25) is 35.4 Å². The Balaban J connectivity index is 0.830. The second-order valence-electron chi connectivity index (χ2n) is 21.5. The number of hydrogen-bond acceptors (Lipinski definition) is 12. The Labute approximate surface area is 470 Å². The van der Waals surface area contributed by atoms with Crippen LogP contribution in [-0.4, -0.2) is 147 Å². The number of carbonyl (C=O) groups is 9. The van der Waals surface area contributed by atoms with Crippen LogP contribution in [0.4, 0.5) is 8.78 Å². The molecule has 9 amide bonds. The van der Waals surface area contributed by atoms with Gasteiger partial charge in [-0.1, -0.05) is 101 Å². The molecule has 0 bridgehead atoms. The van der Waals surface area contributed by atoms with Crippen molar-refractivity contribution in [2.75, 3.05) is 45.9 Å². The van der Waals surface area contributed by atoms with Crippen LogP contribution in [0.1, 0.15) is 138 Å². The maximum atomic E-state index is 14.9. The van der Waals surface area contributed by atoms with Crippen LogP contribution in [0.3, 0.4) is 0 Å². The number of alkyl halides is 2. The average Bonchev–Trinajstić information content (AvgIpc) is 4.17. The first-order valence-corrected chi connectivity index (χ1v) is 29.3. The molecule has 4 aliphatic heterocycles. The molecule has 0 spiro atoms. The van der Waals surface area contributed by atoms with Crippen LogP contribution in [0, 0.1) is 17.3 Å². The van der Waals surface area contributed by atoms with Gasteiger partial charge in [-0.25, -0.2) is 0 Å². The van der Waals surface area contributed by atoms with E-state index >= 15 is 0 Å². The number of benzene rings is 3. The van der Waals surface area contributed by atoms with Crippen molar-refractivity contribution < 1.29 is 71.0 Å². The Morgan fingerprint density at radius 1 is 0.864 bits per heavy atom. The summed E-state index contributed by atoms with van der Waals surface area (Å²) >= 11 is 0.924. The predicted molar refractivity (Wildman–Crippen MR) is 292 cm³/mol. The summed E-state index contributed by atoms with van der Waals surface area (Å²) in [4.78, 5) is 145. The molecule has 4 aliphatic rings. The molecule has 81 heavy (non-hydrogen) atoms. The molecule has 3 aromatic carbocycles. The number of amides is 9. The van der Waals surface area contributed by atoms with Crippen LogP contribution in [-0.2, 0) is 43.7 Å². The van der Waals surface area contributed by atoms with E-state index in [0.717, 1.165) is 66.0 Å². The van der Waals surface area contributed by atoms with E-state index in [2.05, 4.69) is 27.8 Å². The van der Waals surface area contributed by atoms with E-state index in [9.17, 15) is 66.3 Å². The molecule has 0 saturated carbocycles. The van der Waals surface area contributed by atoms with Gasteiger partial charge in [-0.05, 0) is 66.0 Å². The Kier molecular flexibility index (Phi) is 18.7. The molecule has 24 heteroatoms. The molecule has 3 fully saturated rings. The van der Waals surface area contributed by atoms with Crippen LogP contribution in [0.2, 0.25) is 0 Å². The van der Waals surface area contributed by atoms with Crippen molar-refractivity contribution in [1.82, 2.24) is 35.6 Å². The smallest absolute Gasteiger partial charge is 0.370 e. The fourth-order valence-electron chi connectivity index (χ4n) is 10.3. The first-order valence-electron chi connectivity index (χ1n) is 26.9. The maximum Gasteiger partial charge on any atom is 0.399 e. The lowest BCUT2D eigenvalue weighted by molar-refractivity contribution is -0.158. The van der Waals surface area contributed by atoms with Gasteiger partial charge in [-0.2, -0.15) is 8.78 Å². The summed E-state index contributed by atoms with van der Waals surface area (Å²) in [6, 6.07) is 14.9. The van der Waals surface area contributed by atoms with Gasteiger partial charge in [0.1, 0.15) is 30.7 Å². The van der Waals surface area contributed by atoms with Crippen molar-refractivity contribution in [2.45, 2.75) is 115 Å². The fraction of sp³-hybridized carbons (Fsp3) is 0.456. The molecule has 2 unspecified atom stereocenters. The minimum absolute atomic E-state index is 0.0220. The highest BCUT2D eigenvalue weighted by Gasteiger charge is 2.51. The second-order valence-corrected chi connectivity index (χ2v) is 24.3. The van der Waals surface area contributed by atoms with Gasteiger partial charge in [0.15, 0.2) is 0 Å². The van der Waals surface area contributed by atoms with Crippen LogP contribution in [0.5, 0.6) is 0 Å². The number of thiophene rings is 1. The Morgan fingerprint density at radius 3 is 2.31 bits per heavy atom. The highest BCUT2D eigenvalue weighted by Crippen LogP contribution is 2.59. The molecule has 5 heterocycles. The Morgan fingerprint density at radius 2 is 1.59 bits per heavy atom. The van der Waals surface area contributed by atoms with Crippen molar-refractivity contribution >= 4 is 82.2 Å². The van der Waals surface area contributed by atoms with Crippen molar-refractivity contribution in [3.63, 3.8) is 0 Å². The number of nitrogens with zero attached hydrogens (tertiary/aromatic N) is 4. The number of piperazine rings is 1. The first-order chi connectivity index (χ1) is 38.4. The average molecular weight is 1160 g/mol. The summed E-state index contributed by atoms with van der Waals surface area (Å²) in [5.74, 6) is 0.932. The van der Waals surface area contributed by atoms with Gasteiger partial charge < -0.3 is 39.9 Å². The molecule has 4 aromatic rings. The highest BCUT2D eigenvalue weighted by molar-refractivity contribution is 7.52. The SMILES string of the molecule is CC(C)(C)C(NC(=O)c1cc2cc(C(F)(F)P(=O)(O)O)ccc2s1)C(=O)N1CCN(C(=O)CC(=O)NCCCCCCCCC#Cc2cccc3c2C(=O)N(C2CCC(=O)NC2=O)C3=O)C[C@H]1C(=O)N1CCO[C@H](c2ccccc2)C1. The number of piperidine rings is 1. The molecular weight excluding hydrogens is 1090 g/mol. The molecule has 0 aliphatic carbocycles. The van der Waals surface area contributed by atoms with Crippen molar-refractivity contribution in [1.29, 1.82) is 0 Å². The molecular formula is C57H64F2N7O13PS. The van der Waals surface area contributed by atoms with E-state index in [4.69, 9.17) is 4.74 Å². The topological polar surface area (TPSA) is 269 Å². The zero-order valence-electron chi connectivity index (χ0n) is 45.0. The number of carbonyl (C=O) groups excluding carboxylic acids is 9. The lowest BCUT2D eigenvalue weighted by atomic mass is 9.85. The van der Waals surface area contributed by atoms with Gasteiger partial charge in [0.05, 0.1) is 35.7 Å². The number of unbranched alkanes of at least 4 members (excludes halogenated alkanes) is 6. The van der Waals surface area contributed by atoms with Gasteiger partial charge in [-0.3, -0.25) is 57.9 Å². The van der Waals surface area contributed by atoms with Crippen molar-refractivity contribution in [2.24, 2.45) is 5.41 Å². The molecule has 8 rings (SSSR count). The standard InChI is InChI=1S/C57H64F2N7O13PS/c1-56(2,3)49(62-51(71)44-31-37-30-38(21-23-43(37)81-44)57(58,59)80(76,77)78)55(75)65-27-26-63(33-41(65)53(73)64-28-29-79-42(34-64)35-16-12-10-13-17-35)47(69)32-46(68)60-25-14-9-7-5-4-6-8-11-18-36-19-15-20-39-48(36)54(74)66(52(39)72)40-22-24-45(67)61-50(40)70/h10,12-13,15-17,19-21,23,30-31,40-42,49H,4-9,14,22,24-29,32-34H2,1-3H3,(H,60,68)(H,62,71)(H,61,67,70)(H2,76,77,78)/t40?,41-,42-,49?/m0/s1. The molecule has 430 valence electrons. The van der Waals surface area contributed by atoms with Gasteiger partial charge >= 0.3 is 13.3 Å². The van der Waals surface area contributed by atoms with E-state index in [1.54, 1.807) is 37.8 Å². The third-order valence-electron chi connectivity index (χ3n) is 14.7. The molecule has 4 atom stereocenters. The van der Waals surface area contributed by atoms with Gasteiger partial charge in [0.25, 0.3) is 17.7 Å². The minimum atomic E-state index is -5.87. The summed E-state index contributed by atoms with van der Waals surface area (Å²) < 4.78 is 47.2. The molecule has 5 N–H and O–H groups in total. The molecule has 20 nitrogen and oxygen atoms in total. The number of imide groups is 2.